The van der Waals surface area contributed by atoms with Gasteiger partial charge in [0.25, 0.3) is 0 Å². The summed E-state index contributed by atoms with van der Waals surface area (Å²) in [4.78, 5) is 1.65. The number of halogens is 3. The minimum atomic E-state index is -4.70. The van der Waals surface area contributed by atoms with Crippen LogP contribution in [0.4, 0.5) is 13.2 Å². The third-order valence-electron chi connectivity index (χ3n) is 4.39. The second kappa shape index (κ2) is 7.36. The van der Waals surface area contributed by atoms with Crippen molar-refractivity contribution in [3.05, 3.63) is 71.8 Å². The molecule has 0 heterocycles. The molecule has 2 aromatic rings. The first-order valence-corrected chi connectivity index (χ1v) is 7.83. The van der Waals surface area contributed by atoms with Gasteiger partial charge in [-0.15, -0.1) is 0 Å². The molecule has 0 aliphatic rings. The van der Waals surface area contributed by atoms with Crippen molar-refractivity contribution in [2.45, 2.75) is 44.8 Å². The van der Waals surface area contributed by atoms with E-state index in [1.54, 1.807) is 4.90 Å². The van der Waals surface area contributed by atoms with E-state index < -0.39 is 17.8 Å². The Morgan fingerprint density at radius 3 is 1.58 bits per heavy atom. The lowest BCUT2D eigenvalue weighted by Crippen LogP contribution is -2.57. The van der Waals surface area contributed by atoms with Crippen molar-refractivity contribution < 1.29 is 18.3 Å². The Bertz CT molecular complexity index is 585. The zero-order chi connectivity index (χ0) is 17.8. The summed E-state index contributed by atoms with van der Waals surface area (Å²) in [6.45, 7) is 2.90. The van der Waals surface area contributed by atoms with Crippen LogP contribution >= 0.6 is 0 Å². The summed E-state index contributed by atoms with van der Waals surface area (Å²) in [6.07, 6.45) is -4.70. The molecular formula is C19H22F3NO. The second-order valence-corrected chi connectivity index (χ2v) is 6.20. The molecule has 0 saturated heterocycles. The monoisotopic (exact) mass is 337 g/mol. The highest BCUT2D eigenvalue weighted by Gasteiger charge is 2.54. The van der Waals surface area contributed by atoms with Crippen LogP contribution in [0.1, 0.15) is 25.0 Å². The standard InChI is InChI=1S/C19H22F3NO/c1-15(18(2,24)19(20,21)22)23(13-16-9-5-3-6-10-16)14-17-11-7-4-8-12-17/h3-12,15,24H,13-14H2,1-2H3/t15-,18-/m0/s1. The van der Waals surface area contributed by atoms with E-state index in [1.807, 2.05) is 60.7 Å². The predicted octanol–water partition coefficient (Wildman–Crippen LogP) is 4.39. The summed E-state index contributed by atoms with van der Waals surface area (Å²) >= 11 is 0. The number of hydrogen-bond donors (Lipinski definition) is 1. The minimum absolute atomic E-state index is 0.323. The van der Waals surface area contributed by atoms with E-state index in [0.717, 1.165) is 18.1 Å². The van der Waals surface area contributed by atoms with E-state index in [0.29, 0.717) is 13.1 Å². The fourth-order valence-corrected chi connectivity index (χ4v) is 2.56. The van der Waals surface area contributed by atoms with Crippen molar-refractivity contribution in [2.24, 2.45) is 0 Å². The SMILES string of the molecule is C[C@H](N(Cc1ccccc1)Cc1ccccc1)[C@](C)(O)C(F)(F)F. The Labute approximate surface area is 140 Å². The molecule has 5 heteroatoms. The molecule has 0 unspecified atom stereocenters. The summed E-state index contributed by atoms with van der Waals surface area (Å²) in [5.41, 5.74) is -0.993. The number of hydrogen-bond acceptors (Lipinski definition) is 2. The maximum absolute atomic E-state index is 13.2. The molecule has 130 valence electrons. The summed E-state index contributed by atoms with van der Waals surface area (Å²) < 4.78 is 39.7. The van der Waals surface area contributed by atoms with Crippen LogP contribution in [-0.4, -0.2) is 27.8 Å². The average Bonchev–Trinajstić information content (AvgIpc) is 2.54. The summed E-state index contributed by atoms with van der Waals surface area (Å²) in [5, 5.41) is 10.1. The predicted molar refractivity (Wildman–Crippen MR) is 88.3 cm³/mol. The maximum atomic E-state index is 13.2. The van der Waals surface area contributed by atoms with Gasteiger partial charge in [0.15, 0.2) is 5.60 Å². The van der Waals surface area contributed by atoms with Crippen LogP contribution in [0.2, 0.25) is 0 Å². The van der Waals surface area contributed by atoms with E-state index in [2.05, 4.69) is 0 Å². The molecule has 0 saturated carbocycles. The molecule has 2 rings (SSSR count). The van der Waals surface area contributed by atoms with Gasteiger partial charge in [-0.1, -0.05) is 60.7 Å². The van der Waals surface area contributed by atoms with Gasteiger partial charge in [0.2, 0.25) is 0 Å². The quantitative estimate of drug-likeness (QED) is 0.845. The Balaban J connectivity index is 2.28. The van der Waals surface area contributed by atoms with Crippen molar-refractivity contribution in [3.63, 3.8) is 0 Å². The third-order valence-corrected chi connectivity index (χ3v) is 4.39. The van der Waals surface area contributed by atoms with Crippen molar-refractivity contribution >= 4 is 0 Å². The van der Waals surface area contributed by atoms with Crippen LogP contribution in [-0.2, 0) is 13.1 Å². The molecule has 0 aliphatic heterocycles. The molecule has 0 aromatic heterocycles. The molecule has 0 aliphatic carbocycles. The molecule has 1 N–H and O–H groups in total. The second-order valence-electron chi connectivity index (χ2n) is 6.20. The zero-order valence-corrected chi connectivity index (χ0v) is 13.8. The fraction of sp³-hybridized carbons (Fsp3) is 0.368. The van der Waals surface area contributed by atoms with E-state index >= 15 is 0 Å². The molecule has 2 aromatic carbocycles. The Morgan fingerprint density at radius 2 is 1.25 bits per heavy atom. The normalized spacial score (nSPS) is 16.0. The number of alkyl halides is 3. The maximum Gasteiger partial charge on any atom is 0.418 e. The highest BCUT2D eigenvalue weighted by molar-refractivity contribution is 5.18. The van der Waals surface area contributed by atoms with Gasteiger partial charge in [0, 0.05) is 19.1 Å². The highest BCUT2D eigenvalue weighted by Crippen LogP contribution is 2.35. The van der Waals surface area contributed by atoms with Crippen molar-refractivity contribution in [2.75, 3.05) is 0 Å². The van der Waals surface area contributed by atoms with Gasteiger partial charge in [0.05, 0.1) is 0 Å². The largest absolute Gasteiger partial charge is 0.418 e. The average molecular weight is 337 g/mol. The topological polar surface area (TPSA) is 23.5 Å². The Morgan fingerprint density at radius 1 is 0.875 bits per heavy atom. The smallest absolute Gasteiger partial charge is 0.379 e. The van der Waals surface area contributed by atoms with E-state index in [4.69, 9.17) is 0 Å². The molecular weight excluding hydrogens is 315 g/mol. The highest BCUT2D eigenvalue weighted by atomic mass is 19.4. The molecule has 2 atom stereocenters. The van der Waals surface area contributed by atoms with Crippen LogP contribution in [0.25, 0.3) is 0 Å². The summed E-state index contributed by atoms with van der Waals surface area (Å²) in [7, 11) is 0. The molecule has 0 bridgehead atoms. The molecule has 2 nitrogen and oxygen atoms in total. The van der Waals surface area contributed by atoms with E-state index in [9.17, 15) is 18.3 Å². The van der Waals surface area contributed by atoms with Gasteiger partial charge in [-0.25, -0.2) is 0 Å². The third kappa shape index (κ3) is 4.36. The summed E-state index contributed by atoms with van der Waals surface area (Å²) in [6, 6.07) is 17.5. The van der Waals surface area contributed by atoms with Crippen LogP contribution in [0.3, 0.4) is 0 Å². The number of nitrogens with zero attached hydrogens (tertiary/aromatic N) is 1. The fourth-order valence-electron chi connectivity index (χ4n) is 2.56. The van der Waals surface area contributed by atoms with Gasteiger partial charge >= 0.3 is 6.18 Å². The Kier molecular flexibility index (Phi) is 5.67. The van der Waals surface area contributed by atoms with Gasteiger partial charge in [-0.2, -0.15) is 13.2 Å². The van der Waals surface area contributed by atoms with Crippen molar-refractivity contribution in [3.8, 4) is 0 Å². The van der Waals surface area contributed by atoms with Crippen LogP contribution in [0.5, 0.6) is 0 Å². The lowest BCUT2D eigenvalue weighted by atomic mass is 9.94. The zero-order valence-electron chi connectivity index (χ0n) is 13.8. The number of rotatable bonds is 6. The first kappa shape index (κ1) is 18.5. The van der Waals surface area contributed by atoms with Crippen molar-refractivity contribution in [1.29, 1.82) is 0 Å². The number of benzene rings is 2. The van der Waals surface area contributed by atoms with Gasteiger partial charge in [-0.05, 0) is 25.0 Å². The van der Waals surface area contributed by atoms with Crippen LogP contribution in [0.15, 0.2) is 60.7 Å². The molecule has 0 radical (unpaired) electrons. The van der Waals surface area contributed by atoms with Crippen molar-refractivity contribution in [1.82, 2.24) is 4.90 Å². The lowest BCUT2D eigenvalue weighted by molar-refractivity contribution is -0.272. The van der Waals surface area contributed by atoms with Gasteiger partial charge < -0.3 is 5.11 Å². The molecule has 24 heavy (non-hydrogen) atoms. The number of aliphatic hydroxyl groups is 1. The van der Waals surface area contributed by atoms with E-state index in [1.165, 1.54) is 6.92 Å². The Hall–Kier alpha value is -1.85. The lowest BCUT2D eigenvalue weighted by Gasteiger charge is -2.40. The van der Waals surface area contributed by atoms with Gasteiger partial charge in [-0.3, -0.25) is 4.90 Å². The first-order chi connectivity index (χ1) is 11.2. The minimum Gasteiger partial charge on any atom is -0.379 e. The first-order valence-electron chi connectivity index (χ1n) is 7.83. The van der Waals surface area contributed by atoms with Crippen LogP contribution < -0.4 is 0 Å². The molecule has 0 amide bonds. The van der Waals surface area contributed by atoms with Crippen LogP contribution in [0, 0.1) is 0 Å². The molecule has 0 fully saturated rings. The van der Waals surface area contributed by atoms with Gasteiger partial charge in [0.1, 0.15) is 0 Å². The molecule has 0 spiro atoms. The summed E-state index contributed by atoms with van der Waals surface area (Å²) in [5.74, 6) is 0. The van der Waals surface area contributed by atoms with E-state index in [-0.39, 0.29) is 0 Å².